The monoisotopic (exact) mass is 531 g/mol. The number of halogens is 3. The average molecular weight is 533 g/mol. The summed E-state index contributed by atoms with van der Waals surface area (Å²) in [4.78, 5) is 27.1. The lowest BCUT2D eigenvalue weighted by molar-refractivity contribution is -0.534. The van der Waals surface area contributed by atoms with Crippen molar-refractivity contribution in [2.45, 2.75) is 24.1 Å². The van der Waals surface area contributed by atoms with Gasteiger partial charge in [0, 0.05) is 33.3 Å². The van der Waals surface area contributed by atoms with Crippen LogP contribution in [0.4, 0.5) is 5.69 Å². The highest BCUT2D eigenvalue weighted by molar-refractivity contribution is 6.37. The van der Waals surface area contributed by atoms with E-state index in [1.54, 1.807) is 54.4 Å². The van der Waals surface area contributed by atoms with E-state index in [2.05, 4.69) is 5.32 Å². The number of carbonyl (C=O) groups is 1. The van der Waals surface area contributed by atoms with Crippen LogP contribution in [0.3, 0.4) is 0 Å². The third-order valence-electron chi connectivity index (χ3n) is 6.82. The molecule has 3 aromatic carbocycles. The van der Waals surface area contributed by atoms with E-state index < -0.39 is 23.4 Å². The van der Waals surface area contributed by atoms with Crippen LogP contribution in [0.1, 0.15) is 22.6 Å². The minimum atomic E-state index is -1.44. The van der Waals surface area contributed by atoms with Crippen LogP contribution in [0.15, 0.2) is 60.7 Å². The molecule has 7 nitrogen and oxygen atoms in total. The van der Waals surface area contributed by atoms with Gasteiger partial charge < -0.3 is 10.1 Å². The summed E-state index contributed by atoms with van der Waals surface area (Å²) in [5.74, 6) is -0.790. The van der Waals surface area contributed by atoms with Crippen LogP contribution in [0, 0.1) is 10.1 Å². The Kier molecular flexibility index (Phi) is 6.13. The molecule has 1 fully saturated rings. The number of amides is 1. The Bertz CT molecular complexity index is 1330. The molecular weight excluding hydrogens is 513 g/mol. The Morgan fingerprint density at radius 3 is 2.43 bits per heavy atom. The second-order valence-corrected chi connectivity index (χ2v) is 9.90. The summed E-state index contributed by atoms with van der Waals surface area (Å²) in [5, 5.41) is 16.3. The number of ether oxygens (including phenoxy) is 1. The highest BCUT2D eigenvalue weighted by Gasteiger charge is 2.68. The quantitative estimate of drug-likeness (QED) is 0.334. The van der Waals surface area contributed by atoms with Crippen molar-refractivity contribution in [2.24, 2.45) is 0 Å². The summed E-state index contributed by atoms with van der Waals surface area (Å²) in [6, 6.07) is 16.3. The Labute approximate surface area is 216 Å². The summed E-state index contributed by atoms with van der Waals surface area (Å²) < 4.78 is 5.85. The van der Waals surface area contributed by atoms with Gasteiger partial charge in [-0.2, -0.15) is 0 Å². The van der Waals surface area contributed by atoms with Crippen molar-refractivity contribution in [3.8, 4) is 5.75 Å². The SMILES string of the molecule is CN1C[C@H](c2cc(Cl)c(OCc3ccccc3Cl)c(Cl)c2)[C@@H]([N+](=O)[O-])[C@@]12C(=O)Nc1ccccc12. The third kappa shape index (κ3) is 3.74. The molecule has 2 heterocycles. The van der Waals surface area contributed by atoms with E-state index >= 15 is 0 Å². The number of likely N-dealkylation sites (tertiary alicyclic amines) is 1. The maximum atomic E-state index is 13.3. The molecule has 0 bridgehead atoms. The van der Waals surface area contributed by atoms with Crippen molar-refractivity contribution in [3.05, 3.63) is 103 Å². The second-order valence-electron chi connectivity index (χ2n) is 8.68. The van der Waals surface area contributed by atoms with Crippen molar-refractivity contribution in [1.82, 2.24) is 4.90 Å². The van der Waals surface area contributed by atoms with Gasteiger partial charge in [-0.1, -0.05) is 71.2 Å². The van der Waals surface area contributed by atoms with E-state index in [1.165, 1.54) is 0 Å². The van der Waals surface area contributed by atoms with Crippen molar-refractivity contribution in [1.29, 1.82) is 0 Å². The zero-order valence-electron chi connectivity index (χ0n) is 18.5. The summed E-state index contributed by atoms with van der Waals surface area (Å²) in [5.41, 5.74) is 1.06. The first kappa shape index (κ1) is 23.9. The first-order chi connectivity index (χ1) is 16.7. The highest BCUT2D eigenvalue weighted by atomic mass is 35.5. The van der Waals surface area contributed by atoms with Crippen LogP contribution < -0.4 is 10.1 Å². The number of fused-ring (bicyclic) bond motifs is 2. The number of carbonyl (C=O) groups excluding carboxylic acids is 1. The predicted octanol–water partition coefficient (Wildman–Crippen LogP) is 5.75. The number of anilines is 1. The molecule has 1 amide bonds. The van der Waals surface area contributed by atoms with Gasteiger partial charge in [0.05, 0.1) is 16.0 Å². The van der Waals surface area contributed by atoms with Gasteiger partial charge in [-0.05, 0) is 36.9 Å². The van der Waals surface area contributed by atoms with E-state index in [4.69, 9.17) is 39.5 Å². The maximum absolute atomic E-state index is 13.3. The second kappa shape index (κ2) is 8.99. The van der Waals surface area contributed by atoms with Gasteiger partial charge in [0.1, 0.15) is 6.61 Å². The van der Waals surface area contributed by atoms with Crippen molar-refractivity contribution in [3.63, 3.8) is 0 Å². The molecule has 0 aliphatic carbocycles. The van der Waals surface area contributed by atoms with Gasteiger partial charge in [-0.25, -0.2) is 0 Å². The molecule has 1 saturated heterocycles. The van der Waals surface area contributed by atoms with Crippen LogP contribution in [0.5, 0.6) is 5.75 Å². The number of hydrogen-bond donors (Lipinski definition) is 1. The summed E-state index contributed by atoms with van der Waals surface area (Å²) in [7, 11) is 1.72. The zero-order chi connectivity index (χ0) is 24.9. The van der Waals surface area contributed by atoms with Gasteiger partial charge in [0.2, 0.25) is 0 Å². The normalized spacial score (nSPS) is 23.4. The predicted molar refractivity (Wildman–Crippen MR) is 135 cm³/mol. The number of likely N-dealkylation sites (N-methyl/N-ethyl adjacent to an activating group) is 1. The van der Waals surface area contributed by atoms with Gasteiger partial charge in [0.25, 0.3) is 11.9 Å². The van der Waals surface area contributed by atoms with Crippen molar-refractivity contribution >= 4 is 46.4 Å². The first-order valence-corrected chi connectivity index (χ1v) is 12.0. The molecule has 0 unspecified atom stereocenters. The fourth-order valence-corrected chi connectivity index (χ4v) is 6.08. The number of para-hydroxylation sites is 1. The van der Waals surface area contributed by atoms with E-state index in [9.17, 15) is 14.9 Å². The molecule has 0 saturated carbocycles. The summed E-state index contributed by atoms with van der Waals surface area (Å²) >= 11 is 19.3. The molecule has 0 aromatic heterocycles. The Hall–Kier alpha value is -2.84. The molecule has 10 heteroatoms. The molecule has 3 aromatic rings. The first-order valence-electron chi connectivity index (χ1n) is 10.9. The van der Waals surface area contributed by atoms with E-state index in [1.807, 2.05) is 18.2 Å². The Balaban J connectivity index is 1.51. The van der Waals surface area contributed by atoms with Crippen molar-refractivity contribution in [2.75, 3.05) is 18.9 Å². The van der Waals surface area contributed by atoms with Gasteiger partial charge >= 0.3 is 0 Å². The average Bonchev–Trinajstić information content (AvgIpc) is 3.29. The topological polar surface area (TPSA) is 84.7 Å². The lowest BCUT2D eigenvalue weighted by Crippen LogP contribution is -2.54. The lowest BCUT2D eigenvalue weighted by atomic mass is 9.79. The smallest absolute Gasteiger partial charge is 0.256 e. The molecular formula is C25H20Cl3N3O4. The van der Waals surface area contributed by atoms with Crippen LogP contribution in [0.25, 0.3) is 0 Å². The van der Waals surface area contributed by atoms with E-state index in [-0.39, 0.29) is 33.9 Å². The van der Waals surface area contributed by atoms with Gasteiger partial charge in [-0.15, -0.1) is 0 Å². The lowest BCUT2D eigenvalue weighted by Gasteiger charge is -2.30. The van der Waals surface area contributed by atoms with Crippen LogP contribution in [-0.4, -0.2) is 35.4 Å². The van der Waals surface area contributed by atoms with E-state index in [0.29, 0.717) is 21.8 Å². The third-order valence-corrected chi connectivity index (χ3v) is 7.75. The highest BCUT2D eigenvalue weighted by Crippen LogP contribution is 2.52. The van der Waals surface area contributed by atoms with Crippen LogP contribution >= 0.6 is 34.8 Å². The van der Waals surface area contributed by atoms with E-state index in [0.717, 1.165) is 5.56 Å². The molecule has 2 aliphatic rings. The molecule has 1 spiro atoms. The zero-order valence-corrected chi connectivity index (χ0v) is 20.8. The summed E-state index contributed by atoms with van der Waals surface area (Å²) in [6.45, 7) is 0.419. The standard InChI is InChI=1S/C25H20Cl3N3O4/c1-30-12-16(23(31(33)34)25(30)17-7-3-5-9-21(17)29-24(25)32)15-10-19(27)22(20(28)11-15)35-13-14-6-2-4-8-18(14)26/h2-11,16,23H,12-13H2,1H3,(H,29,32)/t16-,23-,25+/m1/s1. The van der Waals surface area contributed by atoms with Crippen LogP contribution in [-0.2, 0) is 16.9 Å². The molecule has 5 rings (SSSR count). The number of nitro groups is 1. The number of benzene rings is 3. The molecule has 35 heavy (non-hydrogen) atoms. The minimum Gasteiger partial charge on any atom is -0.486 e. The Morgan fingerprint density at radius 1 is 1.09 bits per heavy atom. The number of hydrogen-bond acceptors (Lipinski definition) is 5. The fraction of sp³-hybridized carbons (Fsp3) is 0.240. The molecule has 0 radical (unpaired) electrons. The Morgan fingerprint density at radius 2 is 1.74 bits per heavy atom. The van der Waals surface area contributed by atoms with Crippen molar-refractivity contribution < 1.29 is 14.5 Å². The number of nitrogens with zero attached hydrogens (tertiary/aromatic N) is 2. The summed E-state index contributed by atoms with van der Waals surface area (Å²) in [6.07, 6.45) is 0. The minimum absolute atomic E-state index is 0.155. The number of rotatable bonds is 5. The fourth-order valence-electron chi connectivity index (χ4n) is 5.28. The van der Waals surface area contributed by atoms with Gasteiger partial charge in [0.15, 0.2) is 11.3 Å². The number of nitrogens with one attached hydrogen (secondary N) is 1. The molecule has 1 N–H and O–H groups in total. The van der Waals surface area contributed by atoms with Crippen LogP contribution in [0.2, 0.25) is 15.1 Å². The largest absolute Gasteiger partial charge is 0.486 e. The molecule has 2 aliphatic heterocycles. The molecule has 180 valence electrons. The molecule has 3 atom stereocenters. The maximum Gasteiger partial charge on any atom is 0.256 e. The van der Waals surface area contributed by atoms with Gasteiger partial charge in [-0.3, -0.25) is 19.8 Å².